The predicted molar refractivity (Wildman–Crippen MR) is 89.4 cm³/mol. The molecule has 0 aliphatic carbocycles. The zero-order valence-corrected chi connectivity index (χ0v) is 13.7. The highest BCUT2D eigenvalue weighted by atomic mass is 16.2. The second-order valence-corrected chi connectivity index (χ2v) is 6.53. The van der Waals surface area contributed by atoms with E-state index in [2.05, 4.69) is 10.6 Å². The monoisotopic (exact) mass is 330 g/mol. The molecule has 1 fully saturated rings. The smallest absolute Gasteiger partial charge is 0.251 e. The maximum atomic E-state index is 12.3. The molecule has 0 spiro atoms. The number of hydrogen-bond acceptors (Lipinski definition) is 4. The number of rotatable bonds is 4. The molecule has 0 aromatic heterocycles. The standard InChI is InChI=1S/C17H22N4O3/c1-10(18)17(24)21-5-4-11(9-21)8-19-16(23)12-2-3-14-13(6-12)7-15(22)20-14/h2-3,6,10-11H,4-5,7-9,18H2,1H3,(H,19,23)(H,20,22)/t10?,11-/m1/s1. The Hall–Kier alpha value is -2.41. The molecule has 2 heterocycles. The molecule has 24 heavy (non-hydrogen) atoms. The first-order valence-electron chi connectivity index (χ1n) is 8.19. The molecule has 7 nitrogen and oxygen atoms in total. The Morgan fingerprint density at radius 1 is 1.46 bits per heavy atom. The molecule has 4 N–H and O–H groups in total. The molecule has 2 atom stereocenters. The van der Waals surface area contributed by atoms with E-state index in [9.17, 15) is 14.4 Å². The van der Waals surface area contributed by atoms with E-state index in [1.165, 1.54) is 0 Å². The third-order valence-corrected chi connectivity index (χ3v) is 4.53. The van der Waals surface area contributed by atoms with E-state index in [1.54, 1.807) is 30.0 Å². The number of carbonyl (C=O) groups is 3. The average Bonchev–Trinajstić information content (AvgIpc) is 3.16. The van der Waals surface area contributed by atoms with Gasteiger partial charge in [0.25, 0.3) is 5.91 Å². The Morgan fingerprint density at radius 3 is 3.00 bits per heavy atom. The number of amides is 3. The second kappa shape index (κ2) is 6.60. The van der Waals surface area contributed by atoms with E-state index >= 15 is 0 Å². The number of nitrogens with two attached hydrogens (primary N) is 1. The maximum Gasteiger partial charge on any atom is 0.251 e. The normalized spacial score (nSPS) is 20.5. The number of benzene rings is 1. The lowest BCUT2D eigenvalue weighted by molar-refractivity contribution is -0.131. The highest BCUT2D eigenvalue weighted by molar-refractivity contribution is 6.01. The van der Waals surface area contributed by atoms with Crippen LogP contribution in [0.5, 0.6) is 0 Å². The van der Waals surface area contributed by atoms with Crippen molar-refractivity contribution in [2.75, 3.05) is 25.0 Å². The molecule has 0 radical (unpaired) electrons. The van der Waals surface area contributed by atoms with Crippen LogP contribution in [-0.4, -0.2) is 48.3 Å². The highest BCUT2D eigenvalue weighted by Crippen LogP contribution is 2.24. The Morgan fingerprint density at radius 2 is 2.25 bits per heavy atom. The second-order valence-electron chi connectivity index (χ2n) is 6.53. The zero-order chi connectivity index (χ0) is 17.3. The Labute approximate surface area is 140 Å². The molecule has 1 unspecified atom stereocenters. The van der Waals surface area contributed by atoms with Crippen molar-refractivity contribution in [2.24, 2.45) is 11.7 Å². The fourth-order valence-electron chi connectivity index (χ4n) is 3.20. The molecule has 2 aliphatic heterocycles. The van der Waals surface area contributed by atoms with Crippen LogP contribution in [0.3, 0.4) is 0 Å². The van der Waals surface area contributed by atoms with Crippen LogP contribution in [0.4, 0.5) is 5.69 Å². The van der Waals surface area contributed by atoms with Crippen LogP contribution in [0.2, 0.25) is 0 Å². The molecule has 1 aromatic rings. The van der Waals surface area contributed by atoms with Crippen molar-refractivity contribution in [1.82, 2.24) is 10.2 Å². The molecule has 1 saturated heterocycles. The van der Waals surface area contributed by atoms with Crippen molar-refractivity contribution >= 4 is 23.4 Å². The molecule has 0 bridgehead atoms. The van der Waals surface area contributed by atoms with E-state index in [1.807, 2.05) is 0 Å². The average molecular weight is 330 g/mol. The molecule has 1 aromatic carbocycles. The third kappa shape index (κ3) is 3.41. The maximum absolute atomic E-state index is 12.3. The van der Waals surface area contributed by atoms with Crippen LogP contribution in [0.25, 0.3) is 0 Å². The summed E-state index contributed by atoms with van der Waals surface area (Å²) in [6, 6.07) is 4.73. The minimum absolute atomic E-state index is 0.0420. The zero-order valence-electron chi connectivity index (χ0n) is 13.7. The van der Waals surface area contributed by atoms with Crippen molar-refractivity contribution in [1.29, 1.82) is 0 Å². The van der Waals surface area contributed by atoms with Crippen LogP contribution in [0, 0.1) is 5.92 Å². The van der Waals surface area contributed by atoms with E-state index in [0.717, 1.165) is 17.7 Å². The molecule has 7 heteroatoms. The summed E-state index contributed by atoms with van der Waals surface area (Å²) in [6.45, 7) is 3.53. The van der Waals surface area contributed by atoms with Crippen molar-refractivity contribution in [2.45, 2.75) is 25.8 Å². The Balaban J connectivity index is 1.53. The van der Waals surface area contributed by atoms with Gasteiger partial charge in [-0.15, -0.1) is 0 Å². The molecule has 2 aliphatic rings. The van der Waals surface area contributed by atoms with Gasteiger partial charge in [0.1, 0.15) is 0 Å². The topological polar surface area (TPSA) is 105 Å². The molecule has 3 amide bonds. The lowest BCUT2D eigenvalue weighted by Gasteiger charge is -2.18. The van der Waals surface area contributed by atoms with E-state index in [4.69, 9.17) is 5.73 Å². The summed E-state index contributed by atoms with van der Waals surface area (Å²) in [6.07, 6.45) is 1.18. The summed E-state index contributed by atoms with van der Waals surface area (Å²) < 4.78 is 0. The summed E-state index contributed by atoms with van der Waals surface area (Å²) in [5.74, 6) is -0.00420. The van der Waals surface area contributed by atoms with E-state index in [0.29, 0.717) is 31.6 Å². The van der Waals surface area contributed by atoms with Gasteiger partial charge in [0.05, 0.1) is 12.5 Å². The summed E-state index contributed by atoms with van der Waals surface area (Å²) in [7, 11) is 0. The van der Waals surface area contributed by atoms with Crippen molar-refractivity contribution in [3.63, 3.8) is 0 Å². The van der Waals surface area contributed by atoms with Gasteiger partial charge in [-0.05, 0) is 43.0 Å². The summed E-state index contributed by atoms with van der Waals surface area (Å²) in [4.78, 5) is 37.3. The number of nitrogens with zero attached hydrogens (tertiary/aromatic N) is 1. The summed E-state index contributed by atoms with van der Waals surface area (Å²) >= 11 is 0. The van der Waals surface area contributed by atoms with Gasteiger partial charge in [0.2, 0.25) is 11.8 Å². The number of carbonyl (C=O) groups excluding carboxylic acids is 3. The van der Waals surface area contributed by atoms with Crippen molar-refractivity contribution < 1.29 is 14.4 Å². The molecular formula is C17H22N4O3. The SMILES string of the molecule is CC(N)C(=O)N1CC[C@H](CNC(=O)c2ccc3c(c2)CC(=O)N3)C1. The Kier molecular flexibility index (Phi) is 4.53. The first-order chi connectivity index (χ1) is 11.4. The van der Waals surface area contributed by atoms with Crippen LogP contribution >= 0.6 is 0 Å². The first kappa shape index (κ1) is 16.4. The minimum Gasteiger partial charge on any atom is -0.352 e. The number of hydrogen-bond donors (Lipinski definition) is 3. The third-order valence-electron chi connectivity index (χ3n) is 4.53. The van der Waals surface area contributed by atoms with E-state index < -0.39 is 6.04 Å². The largest absolute Gasteiger partial charge is 0.352 e. The van der Waals surface area contributed by atoms with E-state index in [-0.39, 0.29) is 23.6 Å². The Bertz CT molecular complexity index is 686. The van der Waals surface area contributed by atoms with Gasteiger partial charge in [0.15, 0.2) is 0 Å². The molecule has 128 valence electrons. The number of likely N-dealkylation sites (tertiary alicyclic amines) is 1. The highest BCUT2D eigenvalue weighted by Gasteiger charge is 2.28. The quantitative estimate of drug-likeness (QED) is 0.728. The van der Waals surface area contributed by atoms with Crippen LogP contribution < -0.4 is 16.4 Å². The fourth-order valence-corrected chi connectivity index (χ4v) is 3.20. The van der Waals surface area contributed by atoms with Crippen LogP contribution in [0.1, 0.15) is 29.3 Å². The lowest BCUT2D eigenvalue weighted by Crippen LogP contribution is -2.41. The molecule has 3 rings (SSSR count). The van der Waals surface area contributed by atoms with Gasteiger partial charge < -0.3 is 21.3 Å². The summed E-state index contributed by atoms with van der Waals surface area (Å²) in [5.41, 5.74) is 7.80. The van der Waals surface area contributed by atoms with Gasteiger partial charge in [-0.3, -0.25) is 14.4 Å². The van der Waals surface area contributed by atoms with Crippen LogP contribution in [0.15, 0.2) is 18.2 Å². The van der Waals surface area contributed by atoms with Gasteiger partial charge in [-0.2, -0.15) is 0 Å². The first-order valence-corrected chi connectivity index (χ1v) is 8.19. The van der Waals surface area contributed by atoms with Crippen molar-refractivity contribution in [3.05, 3.63) is 29.3 Å². The van der Waals surface area contributed by atoms with Gasteiger partial charge >= 0.3 is 0 Å². The van der Waals surface area contributed by atoms with Gasteiger partial charge in [0, 0.05) is 30.9 Å². The van der Waals surface area contributed by atoms with Crippen LogP contribution in [-0.2, 0) is 16.0 Å². The molecular weight excluding hydrogens is 308 g/mol. The lowest BCUT2D eigenvalue weighted by atomic mass is 10.1. The van der Waals surface area contributed by atoms with Gasteiger partial charge in [-0.1, -0.05) is 0 Å². The summed E-state index contributed by atoms with van der Waals surface area (Å²) in [5, 5.41) is 5.66. The number of nitrogens with one attached hydrogen (secondary N) is 2. The predicted octanol–water partition coefficient (Wildman–Crippen LogP) is 0.107. The van der Waals surface area contributed by atoms with Crippen molar-refractivity contribution in [3.8, 4) is 0 Å². The fraction of sp³-hybridized carbons (Fsp3) is 0.471. The number of fused-ring (bicyclic) bond motifs is 1. The molecule has 0 saturated carbocycles. The van der Waals surface area contributed by atoms with Gasteiger partial charge in [-0.25, -0.2) is 0 Å². The minimum atomic E-state index is -0.485. The number of anilines is 1.